The van der Waals surface area contributed by atoms with Crippen LogP contribution in [0, 0.1) is 0 Å². The molecule has 108 valence electrons. The molecule has 1 unspecified atom stereocenters. The van der Waals surface area contributed by atoms with E-state index in [1.54, 1.807) is 18.2 Å². The van der Waals surface area contributed by atoms with Gasteiger partial charge in [-0.05, 0) is 29.0 Å². The van der Waals surface area contributed by atoms with Crippen LogP contribution in [0.3, 0.4) is 0 Å². The van der Waals surface area contributed by atoms with Crippen molar-refractivity contribution in [3.8, 4) is 5.75 Å². The number of ketones is 1. The molecular weight excluding hydrogens is 296 g/mol. The minimum atomic E-state index is -0.274. The zero-order valence-electron chi connectivity index (χ0n) is 11.8. The molecule has 0 bridgehead atoms. The second-order valence-corrected chi connectivity index (χ2v) is 5.88. The highest BCUT2D eigenvalue weighted by atomic mass is 35.5. The Morgan fingerprint density at radius 1 is 1.00 bits per heavy atom. The fourth-order valence-electron chi connectivity index (χ4n) is 3.00. The molecule has 1 aliphatic rings. The molecule has 22 heavy (non-hydrogen) atoms. The molecule has 0 saturated carbocycles. The van der Waals surface area contributed by atoms with E-state index in [4.69, 9.17) is 16.3 Å². The number of hydrogen-bond acceptors (Lipinski definition) is 2. The van der Waals surface area contributed by atoms with E-state index in [1.807, 2.05) is 24.3 Å². The van der Waals surface area contributed by atoms with Crippen LogP contribution in [0.5, 0.6) is 5.75 Å². The van der Waals surface area contributed by atoms with Crippen LogP contribution in [0.4, 0.5) is 0 Å². The fraction of sp³-hybridized carbons (Fsp3) is 0.105. The van der Waals surface area contributed by atoms with Crippen molar-refractivity contribution in [2.45, 2.75) is 12.5 Å². The molecule has 1 heterocycles. The average molecular weight is 309 g/mol. The van der Waals surface area contributed by atoms with Crippen LogP contribution >= 0.6 is 11.6 Å². The van der Waals surface area contributed by atoms with Crippen LogP contribution in [-0.4, -0.2) is 5.78 Å². The summed E-state index contributed by atoms with van der Waals surface area (Å²) in [7, 11) is 0. The maximum atomic E-state index is 12.4. The van der Waals surface area contributed by atoms with Gasteiger partial charge in [0, 0.05) is 10.6 Å². The van der Waals surface area contributed by atoms with E-state index < -0.39 is 0 Å². The number of halogens is 1. The van der Waals surface area contributed by atoms with E-state index in [-0.39, 0.29) is 11.9 Å². The Morgan fingerprint density at radius 3 is 2.73 bits per heavy atom. The summed E-state index contributed by atoms with van der Waals surface area (Å²) in [4.78, 5) is 12.4. The smallest absolute Gasteiger partial charge is 0.170 e. The molecule has 3 heteroatoms. The number of fused-ring (bicyclic) bond motifs is 2. The zero-order chi connectivity index (χ0) is 15.1. The third-order valence-corrected chi connectivity index (χ3v) is 4.29. The molecule has 4 rings (SSSR count). The lowest BCUT2D eigenvalue weighted by Gasteiger charge is -2.26. The lowest BCUT2D eigenvalue weighted by Crippen LogP contribution is -2.20. The van der Waals surface area contributed by atoms with Crippen molar-refractivity contribution in [1.82, 2.24) is 0 Å². The van der Waals surface area contributed by atoms with Crippen molar-refractivity contribution in [2.75, 3.05) is 0 Å². The number of rotatable bonds is 1. The third-order valence-electron chi connectivity index (χ3n) is 4.05. The summed E-state index contributed by atoms with van der Waals surface area (Å²) in [5, 5.41) is 2.84. The van der Waals surface area contributed by atoms with E-state index in [0.717, 1.165) is 16.3 Å². The van der Waals surface area contributed by atoms with Crippen molar-refractivity contribution in [1.29, 1.82) is 0 Å². The number of carbonyl (C=O) groups is 1. The molecule has 2 nitrogen and oxygen atoms in total. The summed E-state index contributed by atoms with van der Waals surface area (Å²) >= 11 is 6.02. The van der Waals surface area contributed by atoms with Gasteiger partial charge in [0.25, 0.3) is 0 Å². The second-order valence-electron chi connectivity index (χ2n) is 5.44. The summed E-state index contributed by atoms with van der Waals surface area (Å²) in [5.41, 5.74) is 1.65. The van der Waals surface area contributed by atoms with Gasteiger partial charge in [0.2, 0.25) is 0 Å². The Balaban J connectivity index is 1.82. The lowest BCUT2D eigenvalue weighted by atomic mass is 9.93. The third kappa shape index (κ3) is 2.16. The van der Waals surface area contributed by atoms with Crippen molar-refractivity contribution < 1.29 is 9.53 Å². The van der Waals surface area contributed by atoms with Gasteiger partial charge in [-0.3, -0.25) is 4.79 Å². The van der Waals surface area contributed by atoms with Gasteiger partial charge in [0.1, 0.15) is 11.9 Å². The summed E-state index contributed by atoms with van der Waals surface area (Å²) in [6, 6.07) is 19.4. The maximum Gasteiger partial charge on any atom is 0.170 e. The molecule has 1 aliphatic heterocycles. The molecule has 0 fully saturated rings. The Labute approximate surface area is 133 Å². The van der Waals surface area contributed by atoms with Crippen molar-refractivity contribution in [3.63, 3.8) is 0 Å². The molecule has 0 amide bonds. The summed E-state index contributed by atoms with van der Waals surface area (Å²) in [5.74, 6) is 0.664. The molecule has 0 radical (unpaired) electrons. The van der Waals surface area contributed by atoms with Gasteiger partial charge in [-0.1, -0.05) is 54.1 Å². The van der Waals surface area contributed by atoms with Crippen LogP contribution in [0.25, 0.3) is 10.8 Å². The van der Waals surface area contributed by atoms with Gasteiger partial charge in [-0.25, -0.2) is 0 Å². The van der Waals surface area contributed by atoms with Crippen LogP contribution in [0.15, 0.2) is 60.7 Å². The first kappa shape index (κ1) is 13.4. The fourth-order valence-corrected chi connectivity index (χ4v) is 3.16. The van der Waals surface area contributed by atoms with Gasteiger partial charge < -0.3 is 4.74 Å². The summed E-state index contributed by atoms with van der Waals surface area (Å²) in [6.07, 6.45) is 0.0763. The van der Waals surface area contributed by atoms with Gasteiger partial charge in [0.05, 0.1) is 12.0 Å². The van der Waals surface area contributed by atoms with Crippen LogP contribution in [-0.2, 0) is 0 Å². The molecule has 3 aromatic rings. The topological polar surface area (TPSA) is 26.3 Å². The zero-order valence-corrected chi connectivity index (χ0v) is 12.5. The number of hydrogen-bond donors (Lipinski definition) is 0. The molecule has 1 atom stereocenters. The van der Waals surface area contributed by atoms with Crippen LogP contribution in [0.2, 0.25) is 5.02 Å². The standard InChI is InChI=1S/C19H13ClO2/c20-13-8-9-16-17(21)11-19(22-18(16)10-13)15-7-3-5-12-4-1-2-6-14(12)15/h1-10,19H,11H2. The molecule has 0 saturated heterocycles. The average Bonchev–Trinajstić information content (AvgIpc) is 2.53. The number of Topliss-reactive ketones (excluding diaryl/α,β-unsaturated/α-hetero) is 1. The molecule has 0 N–H and O–H groups in total. The number of ether oxygens (including phenoxy) is 1. The Hall–Kier alpha value is -2.32. The van der Waals surface area contributed by atoms with Crippen molar-refractivity contribution in [2.24, 2.45) is 0 Å². The monoisotopic (exact) mass is 308 g/mol. The number of carbonyl (C=O) groups excluding carboxylic acids is 1. The van der Waals surface area contributed by atoms with E-state index >= 15 is 0 Å². The first-order valence-electron chi connectivity index (χ1n) is 7.19. The first-order chi connectivity index (χ1) is 10.7. The van der Waals surface area contributed by atoms with E-state index in [2.05, 4.69) is 18.2 Å². The molecule has 3 aromatic carbocycles. The Kier molecular flexibility index (Phi) is 3.12. The minimum absolute atomic E-state index is 0.0934. The van der Waals surface area contributed by atoms with Gasteiger partial charge in [0.15, 0.2) is 5.78 Å². The Bertz CT molecular complexity index is 880. The highest BCUT2D eigenvalue weighted by Crippen LogP contribution is 2.38. The van der Waals surface area contributed by atoms with Crippen LogP contribution in [0.1, 0.15) is 28.4 Å². The van der Waals surface area contributed by atoms with E-state index in [9.17, 15) is 4.79 Å². The summed E-state index contributed by atoms with van der Waals surface area (Å²) < 4.78 is 6.07. The molecular formula is C19H13ClO2. The van der Waals surface area contributed by atoms with Crippen LogP contribution < -0.4 is 4.74 Å². The van der Waals surface area contributed by atoms with E-state index in [1.165, 1.54) is 0 Å². The number of benzene rings is 3. The SMILES string of the molecule is O=C1CC(c2cccc3ccccc23)Oc2cc(Cl)ccc21. The normalized spacial score (nSPS) is 17.1. The largest absolute Gasteiger partial charge is 0.484 e. The maximum absolute atomic E-state index is 12.4. The Morgan fingerprint density at radius 2 is 1.82 bits per heavy atom. The molecule has 0 spiro atoms. The predicted molar refractivity (Wildman–Crippen MR) is 87.7 cm³/mol. The highest BCUT2D eigenvalue weighted by molar-refractivity contribution is 6.30. The van der Waals surface area contributed by atoms with E-state index in [0.29, 0.717) is 22.8 Å². The lowest BCUT2D eigenvalue weighted by molar-refractivity contribution is 0.0852. The van der Waals surface area contributed by atoms with Gasteiger partial charge in [-0.15, -0.1) is 0 Å². The second kappa shape index (κ2) is 5.15. The highest BCUT2D eigenvalue weighted by Gasteiger charge is 2.28. The predicted octanol–water partition coefficient (Wildman–Crippen LogP) is 5.20. The first-order valence-corrected chi connectivity index (χ1v) is 7.57. The minimum Gasteiger partial charge on any atom is -0.484 e. The van der Waals surface area contributed by atoms with Gasteiger partial charge in [-0.2, -0.15) is 0 Å². The van der Waals surface area contributed by atoms with Crippen molar-refractivity contribution >= 4 is 28.2 Å². The van der Waals surface area contributed by atoms with Crippen molar-refractivity contribution in [3.05, 3.63) is 76.8 Å². The molecule has 0 aliphatic carbocycles. The van der Waals surface area contributed by atoms with Gasteiger partial charge >= 0.3 is 0 Å². The summed E-state index contributed by atoms with van der Waals surface area (Å²) in [6.45, 7) is 0. The quantitative estimate of drug-likeness (QED) is 0.617. The molecule has 0 aromatic heterocycles.